The van der Waals surface area contributed by atoms with Gasteiger partial charge < -0.3 is 15.8 Å². The van der Waals surface area contributed by atoms with Crippen LogP contribution in [-0.2, 0) is 9.53 Å². The summed E-state index contributed by atoms with van der Waals surface area (Å²) in [4.78, 5) is 13.7. The fourth-order valence-electron chi connectivity index (χ4n) is 2.01. The molecule has 0 bridgehead atoms. The molecule has 3 N–H and O–H groups in total. The number of morpholine rings is 1. The molecule has 0 aromatic heterocycles. The first-order valence-corrected chi connectivity index (χ1v) is 6.36. The third kappa shape index (κ3) is 9.46. The summed E-state index contributed by atoms with van der Waals surface area (Å²) in [5, 5.41) is 2.92. The molecule has 0 aliphatic carbocycles. The van der Waals surface area contributed by atoms with Gasteiger partial charge in [-0.3, -0.25) is 9.69 Å². The van der Waals surface area contributed by atoms with Crippen LogP contribution in [0, 0.1) is 0 Å². The molecular formula is C12H27Cl2N3O2. The standard InChI is InChI=1S/C12H25N3O2.2ClH/c1-12(2)10-15(8-9-17-12)7-6-14-11(16)4-3-5-13;;/h3-10,13H2,1-2H3,(H,14,16);2*1H. The first-order valence-electron chi connectivity index (χ1n) is 6.36. The molecule has 0 atom stereocenters. The van der Waals surface area contributed by atoms with E-state index in [9.17, 15) is 4.79 Å². The predicted molar refractivity (Wildman–Crippen MR) is 82.3 cm³/mol. The molecule has 0 unspecified atom stereocenters. The molecule has 0 radical (unpaired) electrons. The molecule has 0 spiro atoms. The van der Waals surface area contributed by atoms with Crippen molar-refractivity contribution in [3.63, 3.8) is 0 Å². The SMILES string of the molecule is CC1(C)CN(CCNC(=O)CCCN)CCO1.Cl.Cl. The number of hydrogen-bond donors (Lipinski definition) is 2. The lowest BCUT2D eigenvalue weighted by Crippen LogP contribution is -2.50. The van der Waals surface area contributed by atoms with E-state index in [-0.39, 0.29) is 36.3 Å². The van der Waals surface area contributed by atoms with Crippen LogP contribution in [-0.4, -0.2) is 55.7 Å². The quantitative estimate of drug-likeness (QED) is 0.760. The van der Waals surface area contributed by atoms with Gasteiger partial charge in [0, 0.05) is 32.6 Å². The Morgan fingerprint density at radius 2 is 2.11 bits per heavy atom. The predicted octanol–water partition coefficient (Wildman–Crippen LogP) is 0.796. The van der Waals surface area contributed by atoms with Crippen LogP contribution in [0.25, 0.3) is 0 Å². The van der Waals surface area contributed by atoms with Crippen molar-refractivity contribution in [3.8, 4) is 0 Å². The Hall–Kier alpha value is -0.0700. The van der Waals surface area contributed by atoms with Crippen molar-refractivity contribution in [2.75, 3.05) is 39.3 Å². The lowest BCUT2D eigenvalue weighted by molar-refractivity contribution is -0.121. The highest BCUT2D eigenvalue weighted by Crippen LogP contribution is 2.15. The fourth-order valence-corrected chi connectivity index (χ4v) is 2.01. The average Bonchev–Trinajstić information content (AvgIpc) is 2.25. The zero-order chi connectivity index (χ0) is 12.7. The van der Waals surface area contributed by atoms with Gasteiger partial charge in [-0.15, -0.1) is 24.8 Å². The molecule has 1 aliphatic heterocycles. The van der Waals surface area contributed by atoms with Crippen molar-refractivity contribution >= 4 is 30.7 Å². The Morgan fingerprint density at radius 3 is 2.68 bits per heavy atom. The van der Waals surface area contributed by atoms with Crippen molar-refractivity contribution in [2.45, 2.75) is 32.3 Å². The van der Waals surface area contributed by atoms with Gasteiger partial charge >= 0.3 is 0 Å². The molecule has 1 heterocycles. The number of halogens is 2. The number of nitrogens with one attached hydrogen (secondary N) is 1. The largest absolute Gasteiger partial charge is 0.373 e. The summed E-state index contributed by atoms with van der Waals surface area (Å²) in [5.74, 6) is 0.1000. The van der Waals surface area contributed by atoms with Gasteiger partial charge in [-0.2, -0.15) is 0 Å². The molecule has 5 nitrogen and oxygen atoms in total. The first kappa shape index (κ1) is 21.2. The van der Waals surface area contributed by atoms with Crippen LogP contribution in [0.1, 0.15) is 26.7 Å². The Labute approximate surface area is 128 Å². The van der Waals surface area contributed by atoms with E-state index in [4.69, 9.17) is 10.5 Å². The molecule has 0 aromatic rings. The minimum absolute atomic E-state index is 0. The number of amides is 1. The molecule has 1 saturated heterocycles. The molecule has 1 aliphatic rings. The van der Waals surface area contributed by atoms with Crippen LogP contribution in [0.15, 0.2) is 0 Å². The molecule has 116 valence electrons. The smallest absolute Gasteiger partial charge is 0.220 e. The third-order valence-corrected chi connectivity index (χ3v) is 2.86. The van der Waals surface area contributed by atoms with Gasteiger partial charge in [-0.05, 0) is 26.8 Å². The highest BCUT2D eigenvalue weighted by Gasteiger charge is 2.26. The summed E-state index contributed by atoms with van der Waals surface area (Å²) in [6, 6.07) is 0. The maximum atomic E-state index is 11.4. The van der Waals surface area contributed by atoms with E-state index in [0.29, 0.717) is 19.5 Å². The Morgan fingerprint density at radius 1 is 1.42 bits per heavy atom. The van der Waals surface area contributed by atoms with Gasteiger partial charge in [0.15, 0.2) is 0 Å². The lowest BCUT2D eigenvalue weighted by Gasteiger charge is -2.38. The van der Waals surface area contributed by atoms with E-state index < -0.39 is 0 Å². The van der Waals surface area contributed by atoms with Crippen LogP contribution in [0.5, 0.6) is 0 Å². The minimum Gasteiger partial charge on any atom is -0.373 e. The van der Waals surface area contributed by atoms with E-state index in [2.05, 4.69) is 24.1 Å². The molecule has 19 heavy (non-hydrogen) atoms. The molecule has 0 aromatic carbocycles. The normalized spacial score (nSPS) is 18.1. The van der Waals surface area contributed by atoms with Gasteiger partial charge in [-0.1, -0.05) is 0 Å². The summed E-state index contributed by atoms with van der Waals surface area (Å²) in [6.45, 7) is 9.01. The molecule has 7 heteroatoms. The van der Waals surface area contributed by atoms with Crippen LogP contribution < -0.4 is 11.1 Å². The Balaban J connectivity index is 0. The maximum absolute atomic E-state index is 11.4. The second kappa shape index (κ2) is 10.7. The van der Waals surface area contributed by atoms with E-state index >= 15 is 0 Å². The number of ether oxygens (including phenoxy) is 1. The molecule has 1 amide bonds. The molecular weight excluding hydrogens is 289 g/mol. The van der Waals surface area contributed by atoms with Crippen molar-refractivity contribution in [3.05, 3.63) is 0 Å². The summed E-state index contributed by atoms with van der Waals surface area (Å²) < 4.78 is 5.63. The number of nitrogens with zero attached hydrogens (tertiary/aromatic N) is 1. The zero-order valence-electron chi connectivity index (χ0n) is 11.8. The third-order valence-electron chi connectivity index (χ3n) is 2.86. The van der Waals surface area contributed by atoms with Crippen LogP contribution in [0.2, 0.25) is 0 Å². The van der Waals surface area contributed by atoms with E-state index in [0.717, 1.165) is 32.7 Å². The minimum atomic E-state index is -0.0677. The van der Waals surface area contributed by atoms with Crippen LogP contribution in [0.4, 0.5) is 0 Å². The maximum Gasteiger partial charge on any atom is 0.220 e. The van der Waals surface area contributed by atoms with Gasteiger partial charge in [0.25, 0.3) is 0 Å². The van der Waals surface area contributed by atoms with Crippen LogP contribution in [0.3, 0.4) is 0 Å². The molecule has 1 fully saturated rings. The van der Waals surface area contributed by atoms with E-state index in [1.165, 1.54) is 0 Å². The monoisotopic (exact) mass is 315 g/mol. The Bertz CT molecular complexity index is 253. The number of carbonyl (C=O) groups is 1. The van der Waals surface area contributed by atoms with Crippen LogP contribution >= 0.6 is 24.8 Å². The number of hydrogen-bond acceptors (Lipinski definition) is 4. The lowest BCUT2D eigenvalue weighted by atomic mass is 10.1. The number of carbonyl (C=O) groups excluding carboxylic acids is 1. The highest BCUT2D eigenvalue weighted by atomic mass is 35.5. The van der Waals surface area contributed by atoms with E-state index in [1.54, 1.807) is 0 Å². The number of nitrogens with two attached hydrogens (primary N) is 1. The summed E-state index contributed by atoms with van der Waals surface area (Å²) in [7, 11) is 0. The average molecular weight is 316 g/mol. The molecule has 1 rings (SSSR count). The Kier molecular flexibility index (Phi) is 11.9. The second-order valence-corrected chi connectivity index (χ2v) is 5.13. The summed E-state index contributed by atoms with van der Waals surface area (Å²) in [5.41, 5.74) is 5.28. The second-order valence-electron chi connectivity index (χ2n) is 5.13. The van der Waals surface area contributed by atoms with Gasteiger partial charge in [-0.25, -0.2) is 0 Å². The van der Waals surface area contributed by atoms with E-state index in [1.807, 2.05) is 0 Å². The summed E-state index contributed by atoms with van der Waals surface area (Å²) >= 11 is 0. The van der Waals surface area contributed by atoms with Crippen molar-refractivity contribution in [1.82, 2.24) is 10.2 Å². The molecule has 0 saturated carbocycles. The summed E-state index contributed by atoms with van der Waals surface area (Å²) in [6.07, 6.45) is 1.29. The van der Waals surface area contributed by atoms with Crippen molar-refractivity contribution < 1.29 is 9.53 Å². The van der Waals surface area contributed by atoms with Gasteiger partial charge in [0.05, 0.1) is 12.2 Å². The highest BCUT2D eigenvalue weighted by molar-refractivity contribution is 5.85. The number of rotatable bonds is 6. The zero-order valence-corrected chi connectivity index (χ0v) is 13.4. The fraction of sp³-hybridized carbons (Fsp3) is 0.917. The van der Waals surface area contributed by atoms with Crippen molar-refractivity contribution in [1.29, 1.82) is 0 Å². The van der Waals surface area contributed by atoms with Gasteiger partial charge in [0.2, 0.25) is 5.91 Å². The van der Waals surface area contributed by atoms with Crippen molar-refractivity contribution in [2.24, 2.45) is 5.73 Å². The first-order chi connectivity index (χ1) is 8.03. The van der Waals surface area contributed by atoms with Gasteiger partial charge in [0.1, 0.15) is 0 Å². The topological polar surface area (TPSA) is 67.6 Å².